The number of benzene rings is 1. The largest absolute Gasteiger partial charge is 0.335 e. The Morgan fingerprint density at radius 3 is 2.81 bits per heavy atom. The fraction of sp³-hybridized carbons (Fsp3) is 0.562. The summed E-state index contributed by atoms with van der Waals surface area (Å²) in [6.45, 7) is 2.04. The van der Waals surface area contributed by atoms with E-state index in [1.807, 2.05) is 6.92 Å². The molecule has 1 aromatic rings. The monoisotopic (exact) mass is 310 g/mol. The molecule has 114 valence electrons. The number of anilines is 1. The van der Waals surface area contributed by atoms with E-state index in [2.05, 4.69) is 10.6 Å². The number of hydrogen-bond donors (Lipinski definition) is 2. The zero-order valence-corrected chi connectivity index (χ0v) is 12.8. The van der Waals surface area contributed by atoms with Gasteiger partial charge in [-0.3, -0.25) is 0 Å². The van der Waals surface area contributed by atoms with Crippen LogP contribution in [-0.4, -0.2) is 12.1 Å². The molecule has 3 rings (SSSR count). The summed E-state index contributed by atoms with van der Waals surface area (Å²) in [4.78, 5) is 12.0. The van der Waals surface area contributed by atoms with Crippen molar-refractivity contribution in [3.8, 4) is 0 Å². The predicted molar refractivity (Wildman–Crippen MR) is 82.0 cm³/mol. The molecule has 2 saturated carbocycles. The molecule has 0 aliphatic heterocycles. The first-order valence-corrected chi connectivity index (χ1v) is 7.93. The zero-order valence-electron chi connectivity index (χ0n) is 12.0. The lowest BCUT2D eigenvalue weighted by molar-refractivity contribution is 0.230. The Kier molecular flexibility index (Phi) is 4.07. The van der Waals surface area contributed by atoms with E-state index in [0.717, 1.165) is 11.8 Å². The van der Waals surface area contributed by atoms with Crippen molar-refractivity contribution in [1.29, 1.82) is 0 Å². The summed E-state index contributed by atoms with van der Waals surface area (Å²) >= 11 is 5.69. The molecule has 2 N–H and O–H groups in total. The lowest BCUT2D eigenvalue weighted by Crippen LogP contribution is -2.42. The number of urea groups is 1. The molecule has 0 unspecified atom stereocenters. The summed E-state index contributed by atoms with van der Waals surface area (Å²) in [6.07, 6.45) is 5.15. The maximum Gasteiger partial charge on any atom is 0.319 e. The minimum absolute atomic E-state index is 0.121. The maximum absolute atomic E-state index is 13.6. The molecule has 21 heavy (non-hydrogen) atoms. The molecule has 0 spiro atoms. The molecular weight excluding hydrogens is 291 g/mol. The number of carbonyl (C=O) groups excluding carboxylic acids is 1. The van der Waals surface area contributed by atoms with Gasteiger partial charge in [-0.1, -0.05) is 18.0 Å². The number of fused-ring (bicyclic) bond motifs is 2. The summed E-state index contributed by atoms with van der Waals surface area (Å²) in [7, 11) is 0. The third-order valence-corrected chi connectivity index (χ3v) is 5.21. The van der Waals surface area contributed by atoms with Crippen molar-refractivity contribution < 1.29 is 9.18 Å². The number of halogens is 2. The highest BCUT2D eigenvalue weighted by molar-refractivity contribution is 6.30. The third kappa shape index (κ3) is 3.15. The Morgan fingerprint density at radius 2 is 2.19 bits per heavy atom. The van der Waals surface area contributed by atoms with Gasteiger partial charge in [-0.2, -0.15) is 0 Å². The van der Waals surface area contributed by atoms with Crippen LogP contribution in [0, 0.1) is 23.6 Å². The predicted octanol–water partition coefficient (Wildman–Crippen LogP) is 4.43. The van der Waals surface area contributed by atoms with Crippen molar-refractivity contribution in [1.82, 2.24) is 5.32 Å². The Hall–Kier alpha value is -1.29. The topological polar surface area (TPSA) is 41.1 Å². The van der Waals surface area contributed by atoms with Gasteiger partial charge in [0.2, 0.25) is 0 Å². The number of carbonyl (C=O) groups is 1. The normalized spacial score (nSPS) is 28.4. The second kappa shape index (κ2) is 5.84. The fourth-order valence-electron chi connectivity index (χ4n) is 3.97. The smallest absolute Gasteiger partial charge is 0.319 e. The van der Waals surface area contributed by atoms with Crippen molar-refractivity contribution >= 4 is 23.3 Å². The molecule has 0 heterocycles. The van der Waals surface area contributed by atoms with Gasteiger partial charge in [-0.05, 0) is 62.1 Å². The highest BCUT2D eigenvalue weighted by Gasteiger charge is 2.42. The first-order valence-electron chi connectivity index (χ1n) is 7.55. The van der Waals surface area contributed by atoms with E-state index in [1.54, 1.807) is 6.07 Å². The van der Waals surface area contributed by atoms with Gasteiger partial charge in [0, 0.05) is 11.1 Å². The molecule has 0 saturated heterocycles. The van der Waals surface area contributed by atoms with Crippen LogP contribution in [0.25, 0.3) is 0 Å². The Morgan fingerprint density at radius 1 is 1.38 bits per heavy atom. The molecule has 4 atom stereocenters. The van der Waals surface area contributed by atoms with Gasteiger partial charge in [-0.25, -0.2) is 9.18 Å². The van der Waals surface area contributed by atoms with Gasteiger partial charge in [-0.15, -0.1) is 0 Å². The lowest BCUT2D eigenvalue weighted by atomic mass is 9.84. The maximum atomic E-state index is 13.6. The molecule has 0 aromatic heterocycles. The first-order chi connectivity index (χ1) is 10.0. The third-order valence-electron chi connectivity index (χ3n) is 4.97. The zero-order chi connectivity index (χ0) is 15.0. The second-order valence-electron chi connectivity index (χ2n) is 6.35. The molecule has 0 radical (unpaired) electrons. The second-order valence-corrected chi connectivity index (χ2v) is 6.79. The van der Waals surface area contributed by atoms with Crippen molar-refractivity contribution in [2.24, 2.45) is 17.8 Å². The minimum Gasteiger partial charge on any atom is -0.335 e. The van der Waals surface area contributed by atoms with E-state index in [-0.39, 0.29) is 17.8 Å². The Bertz CT molecular complexity index is 551. The minimum atomic E-state index is -0.523. The van der Waals surface area contributed by atoms with Gasteiger partial charge < -0.3 is 10.6 Å². The fourth-order valence-corrected chi connectivity index (χ4v) is 4.13. The van der Waals surface area contributed by atoms with Crippen LogP contribution in [0.3, 0.4) is 0 Å². The number of rotatable bonds is 3. The summed E-state index contributed by atoms with van der Waals surface area (Å²) in [5.74, 6) is 1.63. The van der Waals surface area contributed by atoms with Gasteiger partial charge in [0.15, 0.2) is 0 Å². The van der Waals surface area contributed by atoms with Crippen LogP contribution in [0.5, 0.6) is 0 Å². The van der Waals surface area contributed by atoms with Crippen LogP contribution in [0.4, 0.5) is 14.9 Å². The van der Waals surface area contributed by atoms with Crippen LogP contribution in [0.15, 0.2) is 18.2 Å². The van der Waals surface area contributed by atoms with Crippen molar-refractivity contribution in [2.75, 3.05) is 5.32 Å². The molecule has 2 amide bonds. The van der Waals surface area contributed by atoms with E-state index in [1.165, 1.54) is 37.8 Å². The van der Waals surface area contributed by atoms with E-state index in [0.29, 0.717) is 10.9 Å². The average molecular weight is 311 g/mol. The van der Waals surface area contributed by atoms with Gasteiger partial charge in [0.1, 0.15) is 5.82 Å². The molecule has 2 bridgehead atoms. The summed E-state index contributed by atoms with van der Waals surface area (Å²) in [5.41, 5.74) is 0.150. The molecule has 1 aromatic carbocycles. The standard InChI is InChI=1S/C16H20ClFN2O/c1-9(13-7-10-2-3-11(13)6-10)19-16(21)20-15-5-4-12(17)8-14(15)18/h4-5,8-11,13H,2-3,6-7H2,1H3,(H2,19,20,21)/t9-,10+,11+,13-/m0/s1. The van der Waals surface area contributed by atoms with Crippen molar-refractivity contribution in [3.05, 3.63) is 29.0 Å². The molecular formula is C16H20ClFN2O. The van der Waals surface area contributed by atoms with Crippen LogP contribution in [0.2, 0.25) is 5.02 Å². The van der Waals surface area contributed by atoms with Gasteiger partial charge in [0.25, 0.3) is 0 Å². The lowest BCUT2D eigenvalue weighted by Gasteiger charge is -2.28. The highest BCUT2D eigenvalue weighted by atomic mass is 35.5. The van der Waals surface area contributed by atoms with E-state index >= 15 is 0 Å². The molecule has 3 nitrogen and oxygen atoms in total. The Balaban J connectivity index is 1.56. The first kappa shape index (κ1) is 14.6. The molecule has 2 fully saturated rings. The van der Waals surface area contributed by atoms with Crippen LogP contribution < -0.4 is 10.6 Å². The molecule has 2 aliphatic rings. The summed E-state index contributed by atoms with van der Waals surface area (Å²) < 4.78 is 13.6. The number of nitrogens with one attached hydrogen (secondary N) is 2. The Labute approximate surface area is 129 Å². The van der Waals surface area contributed by atoms with Crippen LogP contribution in [-0.2, 0) is 0 Å². The average Bonchev–Trinajstić information content (AvgIpc) is 3.04. The van der Waals surface area contributed by atoms with Gasteiger partial charge in [0.05, 0.1) is 5.69 Å². The molecule has 2 aliphatic carbocycles. The van der Waals surface area contributed by atoms with Gasteiger partial charge >= 0.3 is 6.03 Å². The van der Waals surface area contributed by atoms with Crippen molar-refractivity contribution in [3.63, 3.8) is 0 Å². The van der Waals surface area contributed by atoms with E-state index in [4.69, 9.17) is 11.6 Å². The molecule has 5 heteroatoms. The quantitative estimate of drug-likeness (QED) is 0.852. The SMILES string of the molecule is C[C@H](NC(=O)Nc1ccc(Cl)cc1F)[C@@H]1C[C@@H]2CC[C@@H]1C2. The number of amides is 2. The van der Waals surface area contributed by atoms with Crippen LogP contribution >= 0.6 is 11.6 Å². The van der Waals surface area contributed by atoms with Crippen molar-refractivity contribution in [2.45, 2.75) is 38.6 Å². The number of hydrogen-bond acceptors (Lipinski definition) is 1. The summed E-state index contributed by atoms with van der Waals surface area (Å²) in [6, 6.07) is 3.98. The van der Waals surface area contributed by atoms with E-state index in [9.17, 15) is 9.18 Å². The van der Waals surface area contributed by atoms with Crippen LogP contribution in [0.1, 0.15) is 32.6 Å². The highest BCUT2D eigenvalue weighted by Crippen LogP contribution is 2.49. The summed E-state index contributed by atoms with van der Waals surface area (Å²) in [5, 5.41) is 5.81. The van der Waals surface area contributed by atoms with E-state index < -0.39 is 5.82 Å².